The first kappa shape index (κ1) is 11.8. The maximum atomic E-state index is 10.8. The van der Waals surface area contributed by atoms with Crippen LogP contribution in [0.15, 0.2) is 0 Å². The summed E-state index contributed by atoms with van der Waals surface area (Å²) in [5.74, 6) is 0.973. The highest BCUT2D eigenvalue weighted by molar-refractivity contribution is 4.86. The van der Waals surface area contributed by atoms with Gasteiger partial charge in [-0.15, -0.1) is 0 Å². The van der Waals surface area contributed by atoms with Crippen LogP contribution in [0.1, 0.15) is 46.0 Å². The molecule has 1 aliphatic heterocycles. The molecule has 0 aromatic carbocycles. The van der Waals surface area contributed by atoms with Crippen LogP contribution in [0.25, 0.3) is 0 Å². The lowest BCUT2D eigenvalue weighted by molar-refractivity contribution is -0.529. The van der Waals surface area contributed by atoms with Gasteiger partial charge in [-0.3, -0.25) is 10.1 Å². The highest BCUT2D eigenvalue weighted by atomic mass is 16.6. The van der Waals surface area contributed by atoms with Gasteiger partial charge in [0.15, 0.2) is 0 Å². The van der Waals surface area contributed by atoms with Gasteiger partial charge >= 0.3 is 0 Å². The van der Waals surface area contributed by atoms with E-state index in [4.69, 9.17) is 4.74 Å². The summed E-state index contributed by atoms with van der Waals surface area (Å²) in [5.41, 5.74) is 0. The van der Waals surface area contributed by atoms with Crippen molar-refractivity contribution in [1.82, 2.24) is 0 Å². The number of hydrogen-bond acceptors (Lipinski definition) is 3. The van der Waals surface area contributed by atoms with Crippen molar-refractivity contribution in [2.45, 2.75) is 64.2 Å². The Hall–Kier alpha value is -0.640. The standard InChI is InChI=1S/C12H21NO3/c1-8-7-10(13(14)15)4-5-11(8)12-6-3-9(2)16-12/h8-12H,3-7H2,1-2H3. The van der Waals surface area contributed by atoms with Gasteiger partial charge in [0.25, 0.3) is 0 Å². The fraction of sp³-hybridized carbons (Fsp3) is 1.00. The zero-order valence-corrected chi connectivity index (χ0v) is 10.1. The third-order valence-electron chi connectivity index (χ3n) is 4.25. The maximum absolute atomic E-state index is 10.8. The summed E-state index contributed by atoms with van der Waals surface area (Å²) >= 11 is 0. The molecule has 2 rings (SSSR count). The molecule has 2 aliphatic rings. The topological polar surface area (TPSA) is 52.4 Å². The molecule has 1 saturated carbocycles. The molecule has 92 valence electrons. The molecule has 0 aromatic rings. The second-order valence-corrected chi connectivity index (χ2v) is 5.46. The molecule has 4 heteroatoms. The van der Waals surface area contributed by atoms with E-state index in [1.54, 1.807) is 0 Å². The van der Waals surface area contributed by atoms with E-state index in [0.717, 1.165) is 32.1 Å². The Balaban J connectivity index is 1.91. The second-order valence-electron chi connectivity index (χ2n) is 5.46. The minimum Gasteiger partial charge on any atom is -0.375 e. The molecular formula is C12H21NO3. The smallest absolute Gasteiger partial charge is 0.213 e. The van der Waals surface area contributed by atoms with Gasteiger partial charge in [0.2, 0.25) is 6.04 Å². The summed E-state index contributed by atoms with van der Waals surface area (Å²) in [6, 6.07) is -0.315. The van der Waals surface area contributed by atoms with E-state index in [-0.39, 0.29) is 11.0 Å². The predicted molar refractivity (Wildman–Crippen MR) is 60.9 cm³/mol. The van der Waals surface area contributed by atoms with Crippen LogP contribution in [-0.2, 0) is 4.74 Å². The molecular weight excluding hydrogens is 206 g/mol. The number of rotatable bonds is 2. The van der Waals surface area contributed by atoms with Gasteiger partial charge in [0, 0.05) is 17.8 Å². The van der Waals surface area contributed by atoms with Crippen molar-refractivity contribution >= 4 is 0 Å². The summed E-state index contributed by atoms with van der Waals surface area (Å²) in [5, 5.41) is 10.8. The van der Waals surface area contributed by atoms with Gasteiger partial charge < -0.3 is 4.74 Å². The average molecular weight is 227 g/mol. The van der Waals surface area contributed by atoms with Crippen LogP contribution in [0.4, 0.5) is 0 Å². The zero-order chi connectivity index (χ0) is 11.7. The lowest BCUT2D eigenvalue weighted by Crippen LogP contribution is -2.37. The van der Waals surface area contributed by atoms with Crippen molar-refractivity contribution < 1.29 is 9.66 Å². The van der Waals surface area contributed by atoms with Crippen LogP contribution in [-0.4, -0.2) is 23.2 Å². The van der Waals surface area contributed by atoms with Gasteiger partial charge in [-0.1, -0.05) is 6.92 Å². The van der Waals surface area contributed by atoms with Crippen LogP contribution < -0.4 is 0 Å². The van der Waals surface area contributed by atoms with Gasteiger partial charge in [-0.05, 0) is 38.0 Å². The molecule has 0 spiro atoms. The molecule has 5 atom stereocenters. The van der Waals surface area contributed by atoms with E-state index in [0.29, 0.717) is 24.0 Å². The quantitative estimate of drug-likeness (QED) is 0.538. The number of hydrogen-bond donors (Lipinski definition) is 0. The fourth-order valence-corrected chi connectivity index (χ4v) is 3.28. The Morgan fingerprint density at radius 2 is 1.94 bits per heavy atom. The van der Waals surface area contributed by atoms with Crippen molar-refractivity contribution in [2.24, 2.45) is 11.8 Å². The first-order valence-electron chi connectivity index (χ1n) is 6.37. The van der Waals surface area contributed by atoms with Gasteiger partial charge in [-0.25, -0.2) is 0 Å². The second kappa shape index (κ2) is 4.70. The molecule has 0 N–H and O–H groups in total. The van der Waals surface area contributed by atoms with E-state index in [1.807, 2.05) is 0 Å². The molecule has 1 saturated heterocycles. The van der Waals surface area contributed by atoms with E-state index < -0.39 is 0 Å². The van der Waals surface area contributed by atoms with Crippen LogP contribution in [0, 0.1) is 22.0 Å². The van der Waals surface area contributed by atoms with Crippen LogP contribution >= 0.6 is 0 Å². The Bertz CT molecular complexity index is 269. The lowest BCUT2D eigenvalue weighted by atomic mass is 9.75. The van der Waals surface area contributed by atoms with E-state index in [2.05, 4.69) is 13.8 Å². The van der Waals surface area contributed by atoms with Crippen molar-refractivity contribution in [3.05, 3.63) is 10.1 Å². The van der Waals surface area contributed by atoms with Crippen molar-refractivity contribution in [1.29, 1.82) is 0 Å². The molecule has 0 amide bonds. The Morgan fingerprint density at radius 1 is 1.19 bits per heavy atom. The number of nitrogens with zero attached hydrogens (tertiary/aromatic N) is 1. The molecule has 1 heterocycles. The minimum atomic E-state index is -0.315. The SMILES string of the molecule is CC1CCC(C2CCC([N+](=O)[O-])CC2C)O1. The molecule has 0 aromatic heterocycles. The molecule has 16 heavy (non-hydrogen) atoms. The summed E-state index contributed by atoms with van der Waals surface area (Å²) < 4.78 is 5.90. The first-order valence-corrected chi connectivity index (χ1v) is 6.37. The monoisotopic (exact) mass is 227 g/mol. The zero-order valence-electron chi connectivity index (χ0n) is 10.1. The summed E-state index contributed by atoms with van der Waals surface area (Å²) in [7, 11) is 0. The summed E-state index contributed by atoms with van der Waals surface area (Å²) in [6.45, 7) is 4.26. The average Bonchev–Trinajstić information content (AvgIpc) is 2.64. The van der Waals surface area contributed by atoms with Crippen molar-refractivity contribution in [3.8, 4) is 0 Å². The van der Waals surface area contributed by atoms with Gasteiger partial charge in [0.05, 0.1) is 12.2 Å². The lowest BCUT2D eigenvalue weighted by Gasteiger charge is -2.34. The molecule has 0 bridgehead atoms. The van der Waals surface area contributed by atoms with E-state index >= 15 is 0 Å². The third-order valence-corrected chi connectivity index (χ3v) is 4.25. The molecule has 2 fully saturated rings. The Labute approximate surface area is 96.5 Å². The molecule has 1 aliphatic carbocycles. The van der Waals surface area contributed by atoms with Crippen LogP contribution in [0.5, 0.6) is 0 Å². The van der Waals surface area contributed by atoms with E-state index in [1.165, 1.54) is 0 Å². The van der Waals surface area contributed by atoms with Gasteiger partial charge in [-0.2, -0.15) is 0 Å². The summed E-state index contributed by atoms with van der Waals surface area (Å²) in [4.78, 5) is 10.6. The fourth-order valence-electron chi connectivity index (χ4n) is 3.28. The van der Waals surface area contributed by atoms with E-state index in [9.17, 15) is 10.1 Å². The molecule has 0 radical (unpaired) electrons. The Morgan fingerprint density at radius 3 is 2.44 bits per heavy atom. The normalized spacial score (nSPS) is 44.5. The van der Waals surface area contributed by atoms with Crippen LogP contribution in [0.2, 0.25) is 0 Å². The van der Waals surface area contributed by atoms with Crippen molar-refractivity contribution in [2.75, 3.05) is 0 Å². The number of ether oxygens (including phenoxy) is 1. The molecule has 4 nitrogen and oxygen atoms in total. The maximum Gasteiger partial charge on any atom is 0.213 e. The minimum absolute atomic E-state index is 0.106. The first-order chi connectivity index (χ1) is 7.58. The van der Waals surface area contributed by atoms with Gasteiger partial charge in [0.1, 0.15) is 0 Å². The summed E-state index contributed by atoms with van der Waals surface area (Å²) in [6.07, 6.45) is 5.45. The number of nitro groups is 1. The highest BCUT2D eigenvalue weighted by Crippen LogP contribution is 2.38. The third kappa shape index (κ3) is 2.37. The largest absolute Gasteiger partial charge is 0.375 e. The van der Waals surface area contributed by atoms with Crippen molar-refractivity contribution in [3.63, 3.8) is 0 Å². The highest BCUT2D eigenvalue weighted by Gasteiger charge is 2.39. The molecule has 5 unspecified atom stereocenters. The Kier molecular flexibility index (Phi) is 3.47. The predicted octanol–water partition coefficient (Wildman–Crippen LogP) is 2.64. The van der Waals surface area contributed by atoms with Crippen LogP contribution in [0.3, 0.4) is 0 Å².